The Kier molecular flexibility index (Phi) is 5.79. The first-order valence-electron chi connectivity index (χ1n) is 7.13. The van der Waals surface area contributed by atoms with Gasteiger partial charge in [0.2, 0.25) is 0 Å². The van der Waals surface area contributed by atoms with E-state index in [0.29, 0.717) is 11.5 Å². The summed E-state index contributed by atoms with van der Waals surface area (Å²) in [5.74, 6) is -0.0597. The maximum absolute atomic E-state index is 11.5. The van der Waals surface area contributed by atoms with Gasteiger partial charge in [-0.3, -0.25) is 4.28 Å². The molecular weight excluding hydrogens is 332 g/mol. The number of nitrogens with one attached hydrogen (secondary N) is 1. The van der Waals surface area contributed by atoms with E-state index in [0.717, 1.165) is 21.6 Å². The summed E-state index contributed by atoms with van der Waals surface area (Å²) in [7, 11) is -3.62. The van der Waals surface area contributed by atoms with Gasteiger partial charge in [0.15, 0.2) is 0 Å². The lowest BCUT2D eigenvalue weighted by atomic mass is 10.0. The quantitative estimate of drug-likeness (QED) is 0.626. The highest BCUT2D eigenvalue weighted by Crippen LogP contribution is 2.34. The van der Waals surface area contributed by atoms with E-state index in [1.165, 1.54) is 18.0 Å². The van der Waals surface area contributed by atoms with Crippen molar-refractivity contribution in [2.24, 2.45) is 5.16 Å². The molecule has 1 heterocycles. The van der Waals surface area contributed by atoms with Crippen molar-refractivity contribution in [3.8, 4) is 0 Å². The second-order valence-corrected chi connectivity index (χ2v) is 7.67. The molecule has 0 bridgehead atoms. The van der Waals surface area contributed by atoms with Gasteiger partial charge in [-0.05, 0) is 36.6 Å². The minimum Gasteiger partial charge on any atom is -0.308 e. The standard InChI is InChI=1S/C16H18N2O3S2/c1-3-10-23(19,20)21-18-16-9-8-15(22-16)14(11-17)13-7-5-4-6-12(13)2/h4-9,11,17H,3,10H2,1-2H3/b15-14-,17-11?,18-16+. The normalized spacial score (nSPS) is 18.3. The zero-order valence-corrected chi connectivity index (χ0v) is 14.6. The van der Waals surface area contributed by atoms with E-state index in [4.69, 9.17) is 5.41 Å². The third-order valence-electron chi connectivity index (χ3n) is 3.13. The first kappa shape index (κ1) is 17.5. The number of aryl methyl sites for hydroxylation is 1. The molecule has 1 aliphatic rings. The second-order valence-electron chi connectivity index (χ2n) is 4.94. The molecule has 23 heavy (non-hydrogen) atoms. The van der Waals surface area contributed by atoms with E-state index in [9.17, 15) is 8.42 Å². The van der Waals surface area contributed by atoms with Crippen molar-refractivity contribution in [1.82, 2.24) is 0 Å². The predicted octanol–water partition coefficient (Wildman–Crippen LogP) is 3.73. The highest BCUT2D eigenvalue weighted by atomic mass is 32.2. The van der Waals surface area contributed by atoms with Crippen LogP contribution in [-0.2, 0) is 14.4 Å². The Morgan fingerprint density at radius 2 is 2.09 bits per heavy atom. The molecule has 0 amide bonds. The Hall–Kier alpha value is -1.86. The number of benzene rings is 1. The van der Waals surface area contributed by atoms with E-state index in [1.54, 1.807) is 13.0 Å². The Morgan fingerprint density at radius 3 is 2.74 bits per heavy atom. The molecule has 5 nitrogen and oxygen atoms in total. The van der Waals surface area contributed by atoms with Gasteiger partial charge in [-0.15, -0.1) is 0 Å². The molecule has 0 fully saturated rings. The van der Waals surface area contributed by atoms with Crippen LogP contribution in [0.5, 0.6) is 0 Å². The fraction of sp³-hybridized carbons (Fsp3) is 0.250. The Balaban J connectivity index is 2.23. The van der Waals surface area contributed by atoms with Crippen molar-refractivity contribution in [2.75, 3.05) is 5.75 Å². The van der Waals surface area contributed by atoms with Crippen LogP contribution in [0, 0.1) is 12.3 Å². The summed E-state index contributed by atoms with van der Waals surface area (Å²) in [5, 5.41) is 11.8. The molecule has 2 rings (SSSR count). The molecular formula is C16H18N2O3S2. The third-order valence-corrected chi connectivity index (χ3v) is 5.34. The molecule has 1 N–H and O–H groups in total. The molecule has 0 aromatic heterocycles. The first-order chi connectivity index (χ1) is 11.0. The molecule has 0 unspecified atom stereocenters. The number of rotatable bonds is 6. The molecule has 122 valence electrons. The van der Waals surface area contributed by atoms with Crippen LogP contribution in [0.4, 0.5) is 0 Å². The molecule has 0 aliphatic carbocycles. The molecule has 7 heteroatoms. The third kappa shape index (κ3) is 4.56. The lowest BCUT2D eigenvalue weighted by Gasteiger charge is -2.08. The predicted molar refractivity (Wildman–Crippen MR) is 96.2 cm³/mol. The maximum atomic E-state index is 11.5. The fourth-order valence-corrected chi connectivity index (χ4v) is 3.73. The first-order valence-corrected chi connectivity index (χ1v) is 9.52. The van der Waals surface area contributed by atoms with Gasteiger partial charge < -0.3 is 5.41 Å². The van der Waals surface area contributed by atoms with Crippen LogP contribution in [0.2, 0.25) is 0 Å². The summed E-state index contributed by atoms with van der Waals surface area (Å²) < 4.78 is 27.7. The minimum absolute atomic E-state index is 0.0597. The highest BCUT2D eigenvalue weighted by molar-refractivity contribution is 8.18. The number of oxime groups is 1. The van der Waals surface area contributed by atoms with Gasteiger partial charge in [-0.25, -0.2) is 0 Å². The SMILES string of the molecule is CCCS(=O)(=O)O/N=C1C=C/C(=C(\C=N)c2ccccc2C)S\1. The number of allylic oxidation sites excluding steroid dienone is 2. The minimum atomic E-state index is -3.62. The van der Waals surface area contributed by atoms with Crippen molar-refractivity contribution >= 4 is 38.7 Å². The fourth-order valence-electron chi connectivity index (χ4n) is 2.06. The van der Waals surface area contributed by atoms with Gasteiger partial charge in [-0.1, -0.05) is 48.1 Å². The summed E-state index contributed by atoms with van der Waals surface area (Å²) >= 11 is 1.28. The Bertz CT molecular complexity index is 793. The van der Waals surface area contributed by atoms with E-state index in [1.807, 2.05) is 37.3 Å². The number of thioether (sulfide) groups is 1. The van der Waals surface area contributed by atoms with E-state index < -0.39 is 10.1 Å². The van der Waals surface area contributed by atoms with Gasteiger partial charge in [-0.2, -0.15) is 8.42 Å². The van der Waals surface area contributed by atoms with Crippen LogP contribution in [0.1, 0.15) is 24.5 Å². The van der Waals surface area contributed by atoms with E-state index >= 15 is 0 Å². The Morgan fingerprint density at radius 1 is 1.35 bits per heavy atom. The average Bonchev–Trinajstić information content (AvgIpc) is 2.97. The summed E-state index contributed by atoms with van der Waals surface area (Å²) in [6.45, 7) is 3.75. The summed E-state index contributed by atoms with van der Waals surface area (Å²) in [6.07, 6.45) is 5.27. The molecule has 1 aromatic carbocycles. The zero-order chi connectivity index (χ0) is 16.9. The zero-order valence-electron chi connectivity index (χ0n) is 12.9. The number of hydrogen-bond donors (Lipinski definition) is 1. The van der Waals surface area contributed by atoms with Gasteiger partial charge in [0.1, 0.15) is 5.04 Å². The van der Waals surface area contributed by atoms with Gasteiger partial charge in [0.05, 0.1) is 5.75 Å². The van der Waals surface area contributed by atoms with Crippen LogP contribution in [0.3, 0.4) is 0 Å². The van der Waals surface area contributed by atoms with Crippen molar-refractivity contribution in [2.45, 2.75) is 20.3 Å². The van der Waals surface area contributed by atoms with Crippen molar-refractivity contribution in [1.29, 1.82) is 5.41 Å². The van der Waals surface area contributed by atoms with Crippen LogP contribution in [0.15, 0.2) is 46.5 Å². The number of hydrogen-bond acceptors (Lipinski definition) is 6. The smallest absolute Gasteiger partial charge is 0.308 e. The Labute approximate surface area is 140 Å². The summed E-state index contributed by atoms with van der Waals surface area (Å²) in [5.41, 5.74) is 2.81. The van der Waals surface area contributed by atoms with Crippen LogP contribution < -0.4 is 0 Å². The van der Waals surface area contributed by atoms with Crippen LogP contribution in [-0.4, -0.2) is 25.4 Å². The lowest BCUT2D eigenvalue weighted by Crippen LogP contribution is -2.07. The second kappa shape index (κ2) is 7.61. The highest BCUT2D eigenvalue weighted by Gasteiger charge is 2.17. The molecule has 0 saturated heterocycles. The molecule has 1 aliphatic heterocycles. The monoisotopic (exact) mass is 350 g/mol. The van der Waals surface area contributed by atoms with E-state index in [-0.39, 0.29) is 5.75 Å². The number of nitrogens with zero attached hydrogens (tertiary/aromatic N) is 1. The molecule has 0 spiro atoms. The molecule has 0 saturated carbocycles. The van der Waals surface area contributed by atoms with Gasteiger partial charge in [0.25, 0.3) is 0 Å². The summed E-state index contributed by atoms with van der Waals surface area (Å²) in [4.78, 5) is 0.838. The topological polar surface area (TPSA) is 79.6 Å². The molecule has 1 aromatic rings. The van der Waals surface area contributed by atoms with Gasteiger partial charge >= 0.3 is 10.1 Å². The molecule has 0 atom stereocenters. The van der Waals surface area contributed by atoms with Gasteiger partial charge in [0, 0.05) is 16.7 Å². The van der Waals surface area contributed by atoms with Crippen molar-refractivity contribution in [3.63, 3.8) is 0 Å². The largest absolute Gasteiger partial charge is 0.328 e. The van der Waals surface area contributed by atoms with Crippen molar-refractivity contribution < 1.29 is 12.7 Å². The van der Waals surface area contributed by atoms with Crippen LogP contribution >= 0.6 is 11.8 Å². The maximum Gasteiger partial charge on any atom is 0.328 e. The lowest BCUT2D eigenvalue weighted by molar-refractivity contribution is 0.340. The van der Waals surface area contributed by atoms with E-state index in [2.05, 4.69) is 9.44 Å². The molecule has 0 radical (unpaired) electrons. The van der Waals surface area contributed by atoms with Crippen LogP contribution in [0.25, 0.3) is 5.57 Å². The van der Waals surface area contributed by atoms with Crippen molar-refractivity contribution in [3.05, 3.63) is 52.4 Å². The average molecular weight is 350 g/mol. The summed E-state index contributed by atoms with van der Waals surface area (Å²) in [6, 6.07) is 7.81.